The predicted molar refractivity (Wildman–Crippen MR) is 138 cm³/mol. The maximum Gasteiger partial charge on any atom is 0.272 e. The zero-order chi connectivity index (χ0) is 24.1. The molecule has 1 heterocycles. The Bertz CT molecular complexity index is 1250. The van der Waals surface area contributed by atoms with Gasteiger partial charge in [0.05, 0.1) is 11.4 Å². The molecule has 0 radical (unpaired) electrons. The molecular weight excluding hydrogens is 420 g/mol. The molecule has 1 aromatic heterocycles. The first-order valence-electron chi connectivity index (χ1n) is 11.6. The van der Waals surface area contributed by atoms with Gasteiger partial charge < -0.3 is 9.80 Å². The third kappa shape index (κ3) is 5.43. The number of likely N-dealkylation sites (N-methyl/N-ethyl adjacent to an activating group) is 1. The van der Waals surface area contributed by atoms with Crippen LogP contribution in [-0.4, -0.2) is 52.7 Å². The van der Waals surface area contributed by atoms with Crippen LogP contribution in [0.5, 0.6) is 0 Å². The van der Waals surface area contributed by atoms with Crippen LogP contribution in [0.1, 0.15) is 27.2 Å². The number of carbonyl (C=O) groups is 1. The lowest BCUT2D eigenvalue weighted by Crippen LogP contribution is -2.37. The van der Waals surface area contributed by atoms with E-state index < -0.39 is 0 Å². The number of hydrogen-bond donors (Lipinski definition) is 0. The standard InChI is InChI=1S/C29H32N4O/c1-22-15-16-23(2)27(19-22)33-28(20-26(30-33)25-13-9-6-10-14-25)29(34)32(18-17-31(3)4)21-24-11-7-5-8-12-24/h5-16,19-20H,17-18,21H2,1-4H3. The van der Waals surface area contributed by atoms with Gasteiger partial charge >= 0.3 is 0 Å². The fourth-order valence-electron chi connectivity index (χ4n) is 3.95. The number of hydrogen-bond acceptors (Lipinski definition) is 3. The largest absolute Gasteiger partial charge is 0.332 e. The molecule has 0 unspecified atom stereocenters. The molecule has 0 saturated carbocycles. The molecule has 0 spiro atoms. The number of aryl methyl sites for hydroxylation is 2. The highest BCUT2D eigenvalue weighted by molar-refractivity contribution is 5.94. The summed E-state index contributed by atoms with van der Waals surface area (Å²) in [4.78, 5) is 18.1. The van der Waals surface area contributed by atoms with Crippen LogP contribution < -0.4 is 0 Å². The van der Waals surface area contributed by atoms with Crippen molar-refractivity contribution in [3.05, 3.63) is 107 Å². The smallest absolute Gasteiger partial charge is 0.272 e. The molecule has 5 nitrogen and oxygen atoms in total. The Kier molecular flexibility index (Phi) is 7.24. The number of aromatic nitrogens is 2. The second-order valence-corrected chi connectivity index (χ2v) is 9.00. The van der Waals surface area contributed by atoms with Crippen LogP contribution in [0.2, 0.25) is 0 Å². The summed E-state index contributed by atoms with van der Waals surface area (Å²) in [6.45, 7) is 6.07. The van der Waals surface area contributed by atoms with Crippen molar-refractivity contribution in [3.63, 3.8) is 0 Å². The van der Waals surface area contributed by atoms with Crippen molar-refractivity contribution in [2.45, 2.75) is 20.4 Å². The monoisotopic (exact) mass is 452 g/mol. The first-order valence-corrected chi connectivity index (χ1v) is 11.6. The average molecular weight is 453 g/mol. The zero-order valence-electron chi connectivity index (χ0n) is 20.4. The van der Waals surface area contributed by atoms with Crippen LogP contribution in [0.15, 0.2) is 84.9 Å². The minimum atomic E-state index is -0.0266. The van der Waals surface area contributed by atoms with Gasteiger partial charge in [-0.25, -0.2) is 4.68 Å². The molecule has 0 aliphatic carbocycles. The quantitative estimate of drug-likeness (QED) is 0.361. The second kappa shape index (κ2) is 10.5. The minimum absolute atomic E-state index is 0.0266. The molecule has 4 rings (SSSR count). The van der Waals surface area contributed by atoms with E-state index >= 15 is 0 Å². The highest BCUT2D eigenvalue weighted by Gasteiger charge is 2.24. The van der Waals surface area contributed by atoms with Crippen LogP contribution in [0.3, 0.4) is 0 Å². The lowest BCUT2D eigenvalue weighted by atomic mass is 10.1. The van der Waals surface area contributed by atoms with E-state index in [1.165, 1.54) is 0 Å². The molecule has 3 aromatic carbocycles. The topological polar surface area (TPSA) is 41.4 Å². The maximum absolute atomic E-state index is 14.0. The van der Waals surface area contributed by atoms with Crippen molar-refractivity contribution in [3.8, 4) is 16.9 Å². The summed E-state index contributed by atoms with van der Waals surface area (Å²) >= 11 is 0. The highest BCUT2D eigenvalue weighted by atomic mass is 16.2. The maximum atomic E-state index is 14.0. The molecule has 174 valence electrons. The third-order valence-corrected chi connectivity index (χ3v) is 5.91. The summed E-state index contributed by atoms with van der Waals surface area (Å²) < 4.78 is 1.82. The van der Waals surface area contributed by atoms with Crippen molar-refractivity contribution < 1.29 is 4.79 Å². The van der Waals surface area contributed by atoms with Gasteiger partial charge in [0, 0.05) is 25.2 Å². The van der Waals surface area contributed by atoms with Gasteiger partial charge in [0.1, 0.15) is 5.69 Å². The molecule has 0 aliphatic heterocycles. The van der Waals surface area contributed by atoms with Gasteiger partial charge in [-0.05, 0) is 56.8 Å². The molecule has 34 heavy (non-hydrogen) atoms. The van der Waals surface area contributed by atoms with Crippen molar-refractivity contribution in [1.29, 1.82) is 0 Å². The van der Waals surface area contributed by atoms with E-state index in [0.29, 0.717) is 18.8 Å². The molecular formula is C29H32N4O. The van der Waals surface area contributed by atoms with Gasteiger partial charge in [-0.2, -0.15) is 5.10 Å². The van der Waals surface area contributed by atoms with Crippen molar-refractivity contribution >= 4 is 5.91 Å². The Hall–Kier alpha value is -3.70. The van der Waals surface area contributed by atoms with E-state index in [1.54, 1.807) is 0 Å². The molecule has 0 bridgehead atoms. The van der Waals surface area contributed by atoms with E-state index in [4.69, 9.17) is 5.10 Å². The molecule has 0 saturated heterocycles. The third-order valence-electron chi connectivity index (χ3n) is 5.91. The van der Waals surface area contributed by atoms with Crippen molar-refractivity contribution in [2.75, 3.05) is 27.2 Å². The summed E-state index contributed by atoms with van der Waals surface area (Å²) in [5, 5.41) is 4.92. The number of nitrogens with zero attached hydrogens (tertiary/aromatic N) is 4. The molecule has 0 aliphatic rings. The fraction of sp³-hybridized carbons (Fsp3) is 0.241. The Balaban J connectivity index is 1.80. The van der Waals surface area contributed by atoms with Gasteiger partial charge in [0.2, 0.25) is 0 Å². The van der Waals surface area contributed by atoms with Crippen molar-refractivity contribution in [2.24, 2.45) is 0 Å². The minimum Gasteiger partial charge on any atom is -0.332 e. The number of carbonyl (C=O) groups excluding carboxylic acids is 1. The van der Waals surface area contributed by atoms with Gasteiger partial charge in [0.15, 0.2) is 0 Å². The molecule has 0 fully saturated rings. The summed E-state index contributed by atoms with van der Waals surface area (Å²) in [6, 6.07) is 28.3. The zero-order valence-corrected chi connectivity index (χ0v) is 20.4. The Morgan fingerprint density at radius 3 is 2.21 bits per heavy atom. The van der Waals surface area contributed by atoms with Crippen LogP contribution in [0, 0.1) is 13.8 Å². The lowest BCUT2D eigenvalue weighted by molar-refractivity contribution is 0.0722. The summed E-state index contributed by atoms with van der Waals surface area (Å²) in [5.41, 5.74) is 6.59. The van der Waals surface area contributed by atoms with E-state index in [2.05, 4.69) is 49.1 Å². The molecule has 1 amide bonds. The Labute approximate surface area is 202 Å². The fourth-order valence-corrected chi connectivity index (χ4v) is 3.95. The van der Waals surface area contributed by atoms with Gasteiger partial charge in [-0.3, -0.25) is 4.79 Å². The summed E-state index contributed by atoms with van der Waals surface area (Å²) in [6.07, 6.45) is 0. The lowest BCUT2D eigenvalue weighted by Gasteiger charge is -2.25. The number of amides is 1. The first-order chi connectivity index (χ1) is 16.4. The van der Waals surface area contributed by atoms with E-state index in [9.17, 15) is 4.79 Å². The predicted octanol–water partition coefficient (Wildman–Crippen LogP) is 5.36. The average Bonchev–Trinajstić information content (AvgIpc) is 3.29. The normalized spacial score (nSPS) is 11.1. The molecule has 5 heteroatoms. The van der Waals surface area contributed by atoms with Crippen molar-refractivity contribution in [1.82, 2.24) is 19.6 Å². The Morgan fingerprint density at radius 1 is 0.853 bits per heavy atom. The summed E-state index contributed by atoms with van der Waals surface area (Å²) in [5.74, 6) is -0.0266. The van der Waals surface area contributed by atoms with Crippen LogP contribution >= 0.6 is 0 Å². The van der Waals surface area contributed by atoms with E-state index in [0.717, 1.165) is 40.2 Å². The van der Waals surface area contributed by atoms with Gasteiger partial charge in [-0.15, -0.1) is 0 Å². The van der Waals surface area contributed by atoms with Gasteiger partial charge in [0.25, 0.3) is 5.91 Å². The summed E-state index contributed by atoms with van der Waals surface area (Å²) in [7, 11) is 4.05. The first kappa shape index (κ1) is 23.5. The van der Waals surface area contributed by atoms with E-state index in [-0.39, 0.29) is 5.91 Å². The van der Waals surface area contributed by atoms with Crippen LogP contribution in [0.25, 0.3) is 16.9 Å². The van der Waals surface area contributed by atoms with Crippen LogP contribution in [0.4, 0.5) is 0 Å². The number of benzene rings is 3. The SMILES string of the molecule is Cc1ccc(C)c(-n2nc(-c3ccccc3)cc2C(=O)N(CCN(C)C)Cc2ccccc2)c1. The number of rotatable bonds is 8. The molecule has 0 atom stereocenters. The van der Waals surface area contributed by atoms with Gasteiger partial charge in [-0.1, -0.05) is 72.8 Å². The highest BCUT2D eigenvalue weighted by Crippen LogP contribution is 2.25. The van der Waals surface area contributed by atoms with E-state index in [1.807, 2.05) is 78.3 Å². The Morgan fingerprint density at radius 2 is 1.53 bits per heavy atom. The molecule has 4 aromatic rings. The van der Waals surface area contributed by atoms with Crippen LogP contribution in [-0.2, 0) is 6.54 Å². The second-order valence-electron chi connectivity index (χ2n) is 9.00. The molecule has 0 N–H and O–H groups in total.